The Labute approximate surface area is 176 Å². The molecule has 7 heteroatoms. The van der Waals surface area contributed by atoms with Crippen LogP contribution in [0.15, 0.2) is 24.3 Å². The number of benzene rings is 1. The molecular formula is C23H30O7. The van der Waals surface area contributed by atoms with Crippen LogP contribution in [-0.4, -0.2) is 35.0 Å². The first kappa shape index (κ1) is 20.2. The van der Waals surface area contributed by atoms with Gasteiger partial charge in [-0.25, -0.2) is 9.78 Å². The van der Waals surface area contributed by atoms with E-state index in [-0.39, 0.29) is 18.3 Å². The van der Waals surface area contributed by atoms with E-state index in [4.69, 9.17) is 29.1 Å². The van der Waals surface area contributed by atoms with Crippen molar-refractivity contribution in [2.75, 3.05) is 0 Å². The molecule has 1 saturated carbocycles. The third kappa shape index (κ3) is 3.14. The predicted octanol–water partition coefficient (Wildman–Crippen LogP) is 3.90. The molecule has 5 fully saturated rings. The standard InChI is InChI=1S/C23H30O7/c1-13-7-8-18-14(2)20(26-16-6-4-5-15(11-16)12-19(24)25)27-21-23(18)17(13)9-10-22(3,28-21)29-30-23/h4-6,11,13-14,17-18,20-21H,7-10,12H2,1-3H3,(H,24,25)/t13-,14-,17+,18+,20+,21-,22-,23-/m1/s1. The van der Waals surface area contributed by atoms with Crippen molar-refractivity contribution in [3.8, 4) is 5.75 Å². The molecule has 164 valence electrons. The number of aliphatic carboxylic acids is 1. The fourth-order valence-electron chi connectivity index (χ4n) is 6.04. The summed E-state index contributed by atoms with van der Waals surface area (Å²) in [5.41, 5.74) is 0.0819. The summed E-state index contributed by atoms with van der Waals surface area (Å²) < 4.78 is 19.0. The Balaban J connectivity index is 1.44. The maximum absolute atomic E-state index is 11.1. The Hall–Kier alpha value is -1.67. The number of carboxylic acid groups (broad SMARTS) is 1. The molecule has 0 unspecified atom stereocenters. The molecule has 8 atom stereocenters. The van der Waals surface area contributed by atoms with Crippen LogP contribution < -0.4 is 4.74 Å². The molecule has 1 spiro atoms. The summed E-state index contributed by atoms with van der Waals surface area (Å²) in [6, 6.07) is 7.19. The van der Waals surface area contributed by atoms with Crippen LogP contribution in [0, 0.1) is 23.7 Å². The van der Waals surface area contributed by atoms with Crippen molar-refractivity contribution in [1.82, 2.24) is 0 Å². The third-order valence-electron chi connectivity index (χ3n) is 7.60. The second kappa shape index (κ2) is 7.19. The molecule has 4 heterocycles. The monoisotopic (exact) mass is 418 g/mol. The highest BCUT2D eigenvalue weighted by atomic mass is 17.3. The highest BCUT2D eigenvalue weighted by molar-refractivity contribution is 5.70. The van der Waals surface area contributed by atoms with E-state index in [0.717, 1.165) is 25.7 Å². The Morgan fingerprint density at radius 1 is 1.20 bits per heavy atom. The molecule has 1 aliphatic carbocycles. The van der Waals surface area contributed by atoms with Crippen molar-refractivity contribution in [3.63, 3.8) is 0 Å². The number of ether oxygens (including phenoxy) is 3. The molecule has 1 N–H and O–H groups in total. The van der Waals surface area contributed by atoms with Gasteiger partial charge in [-0.2, -0.15) is 0 Å². The SMILES string of the molecule is C[C@H]1[C@@H](Oc2cccc(CC(=O)O)c2)O[C@@H]2O[C@@]3(C)CC[C@H]4[C@H](C)CC[C@@H]1[C@@]24OO3. The summed E-state index contributed by atoms with van der Waals surface area (Å²) in [5.74, 6) is -0.00705. The minimum Gasteiger partial charge on any atom is -0.481 e. The van der Waals surface area contributed by atoms with Crippen molar-refractivity contribution in [2.24, 2.45) is 23.7 Å². The zero-order valence-corrected chi connectivity index (χ0v) is 17.7. The Morgan fingerprint density at radius 2 is 2.03 bits per heavy atom. The van der Waals surface area contributed by atoms with E-state index in [1.54, 1.807) is 12.1 Å². The van der Waals surface area contributed by atoms with Crippen LogP contribution in [0.3, 0.4) is 0 Å². The van der Waals surface area contributed by atoms with Gasteiger partial charge in [0.2, 0.25) is 12.1 Å². The number of hydrogen-bond donors (Lipinski definition) is 1. The van der Waals surface area contributed by atoms with Crippen LogP contribution in [-0.2, 0) is 30.5 Å². The van der Waals surface area contributed by atoms with Crippen molar-refractivity contribution < 1.29 is 33.9 Å². The fraction of sp³-hybridized carbons (Fsp3) is 0.696. The molecular weight excluding hydrogens is 388 g/mol. The summed E-state index contributed by atoms with van der Waals surface area (Å²) in [4.78, 5) is 23.0. The van der Waals surface area contributed by atoms with Gasteiger partial charge in [0, 0.05) is 18.3 Å². The van der Waals surface area contributed by atoms with E-state index in [1.165, 1.54) is 0 Å². The molecule has 5 aliphatic rings. The summed E-state index contributed by atoms with van der Waals surface area (Å²) in [6.45, 7) is 6.33. The molecule has 0 aromatic heterocycles. The summed E-state index contributed by atoms with van der Waals surface area (Å²) >= 11 is 0. The maximum Gasteiger partial charge on any atom is 0.307 e. The second-order valence-corrected chi connectivity index (χ2v) is 9.61. The molecule has 4 aliphatic heterocycles. The lowest BCUT2D eigenvalue weighted by atomic mass is 9.58. The molecule has 30 heavy (non-hydrogen) atoms. The lowest BCUT2D eigenvalue weighted by Gasteiger charge is -2.60. The van der Waals surface area contributed by atoms with Crippen LogP contribution in [0.25, 0.3) is 0 Å². The molecule has 1 aromatic carbocycles. The normalized spacial score (nSPS) is 44.8. The van der Waals surface area contributed by atoms with Gasteiger partial charge in [0.15, 0.2) is 11.9 Å². The van der Waals surface area contributed by atoms with E-state index >= 15 is 0 Å². The van der Waals surface area contributed by atoms with E-state index in [9.17, 15) is 4.79 Å². The van der Waals surface area contributed by atoms with Crippen LogP contribution in [0.4, 0.5) is 0 Å². The van der Waals surface area contributed by atoms with Crippen molar-refractivity contribution in [3.05, 3.63) is 29.8 Å². The van der Waals surface area contributed by atoms with Crippen molar-refractivity contribution in [2.45, 2.75) is 76.8 Å². The zero-order chi connectivity index (χ0) is 21.1. The molecule has 6 rings (SSSR count). The maximum atomic E-state index is 11.1. The highest BCUT2D eigenvalue weighted by Crippen LogP contribution is 2.60. The fourth-order valence-corrected chi connectivity index (χ4v) is 6.04. The van der Waals surface area contributed by atoms with E-state index in [2.05, 4.69) is 13.8 Å². The van der Waals surface area contributed by atoms with Gasteiger partial charge in [-0.1, -0.05) is 26.0 Å². The Morgan fingerprint density at radius 3 is 2.83 bits per heavy atom. The van der Waals surface area contributed by atoms with Crippen LogP contribution in [0.1, 0.15) is 52.0 Å². The summed E-state index contributed by atoms with van der Waals surface area (Å²) in [6.07, 6.45) is 2.79. The van der Waals surface area contributed by atoms with E-state index in [1.807, 2.05) is 19.1 Å². The number of carboxylic acids is 1. The van der Waals surface area contributed by atoms with Gasteiger partial charge in [-0.15, -0.1) is 0 Å². The largest absolute Gasteiger partial charge is 0.481 e. The molecule has 7 nitrogen and oxygen atoms in total. The first-order valence-electron chi connectivity index (χ1n) is 11.0. The lowest BCUT2D eigenvalue weighted by molar-refractivity contribution is -0.575. The molecule has 4 saturated heterocycles. The predicted molar refractivity (Wildman–Crippen MR) is 105 cm³/mol. The second-order valence-electron chi connectivity index (χ2n) is 9.61. The Bertz CT molecular complexity index is 828. The van der Waals surface area contributed by atoms with Crippen molar-refractivity contribution >= 4 is 5.97 Å². The van der Waals surface area contributed by atoms with Gasteiger partial charge >= 0.3 is 5.97 Å². The van der Waals surface area contributed by atoms with Gasteiger partial charge < -0.3 is 19.3 Å². The van der Waals surface area contributed by atoms with Gasteiger partial charge in [-0.05, 0) is 55.7 Å². The molecule has 0 radical (unpaired) electrons. The minimum atomic E-state index is -0.869. The molecule has 0 amide bonds. The zero-order valence-electron chi connectivity index (χ0n) is 17.7. The molecule has 1 aromatic rings. The van der Waals surface area contributed by atoms with Crippen LogP contribution in [0.2, 0.25) is 0 Å². The molecule has 2 bridgehead atoms. The number of fused-ring (bicyclic) bond motifs is 2. The van der Waals surface area contributed by atoms with Crippen LogP contribution >= 0.6 is 0 Å². The van der Waals surface area contributed by atoms with Gasteiger partial charge in [-0.3, -0.25) is 4.79 Å². The van der Waals surface area contributed by atoms with E-state index in [0.29, 0.717) is 23.1 Å². The van der Waals surface area contributed by atoms with Crippen LogP contribution in [0.5, 0.6) is 5.75 Å². The lowest BCUT2D eigenvalue weighted by Crippen LogP contribution is -2.70. The van der Waals surface area contributed by atoms with Gasteiger partial charge in [0.05, 0.1) is 6.42 Å². The quantitative estimate of drug-likeness (QED) is 0.743. The Kier molecular flexibility index (Phi) is 4.85. The smallest absolute Gasteiger partial charge is 0.307 e. The minimum absolute atomic E-state index is 0.0428. The first-order chi connectivity index (χ1) is 14.3. The average Bonchev–Trinajstić information content (AvgIpc) is 2.92. The number of carbonyl (C=O) groups is 1. The van der Waals surface area contributed by atoms with Gasteiger partial charge in [0.25, 0.3) is 0 Å². The van der Waals surface area contributed by atoms with Gasteiger partial charge in [0.1, 0.15) is 5.75 Å². The highest BCUT2D eigenvalue weighted by Gasteiger charge is 2.69. The number of hydrogen-bond acceptors (Lipinski definition) is 6. The topological polar surface area (TPSA) is 83.5 Å². The first-order valence-corrected chi connectivity index (χ1v) is 11.0. The summed E-state index contributed by atoms with van der Waals surface area (Å²) in [5, 5.41) is 9.07. The number of rotatable bonds is 4. The average molecular weight is 418 g/mol. The third-order valence-corrected chi connectivity index (χ3v) is 7.60. The van der Waals surface area contributed by atoms with E-state index < -0.39 is 29.9 Å². The summed E-state index contributed by atoms with van der Waals surface area (Å²) in [7, 11) is 0. The van der Waals surface area contributed by atoms with Crippen molar-refractivity contribution in [1.29, 1.82) is 0 Å².